The van der Waals surface area contributed by atoms with Crippen molar-refractivity contribution in [2.45, 2.75) is 39.5 Å². The second-order valence-electron chi connectivity index (χ2n) is 7.88. The zero-order valence-electron chi connectivity index (χ0n) is 17.8. The van der Waals surface area contributed by atoms with Crippen LogP contribution in [0.25, 0.3) is 0 Å². The highest BCUT2D eigenvalue weighted by Gasteiger charge is 2.25. The smallest absolute Gasteiger partial charge is 0.223 e. The van der Waals surface area contributed by atoms with Gasteiger partial charge < -0.3 is 10.1 Å². The quantitative estimate of drug-likeness (QED) is 0.579. The van der Waals surface area contributed by atoms with Gasteiger partial charge in [0, 0.05) is 30.6 Å². The Bertz CT molecular complexity index is 984. The molecule has 0 spiro atoms. The van der Waals surface area contributed by atoms with E-state index in [-0.39, 0.29) is 11.8 Å². The van der Waals surface area contributed by atoms with Crippen LogP contribution in [0.2, 0.25) is 0 Å². The number of ether oxygens (including phenoxy) is 1. The van der Waals surface area contributed by atoms with Crippen LogP contribution in [0.1, 0.15) is 34.8 Å². The van der Waals surface area contributed by atoms with E-state index in [1.54, 1.807) is 17.5 Å². The number of aromatic nitrogens is 2. The number of hydrogen-bond acceptors (Lipinski definition) is 6. The maximum absolute atomic E-state index is 12.7. The van der Waals surface area contributed by atoms with Crippen molar-refractivity contribution in [2.24, 2.45) is 5.92 Å². The third-order valence-corrected chi connectivity index (χ3v) is 6.31. The number of likely N-dealkylation sites (tertiary alicyclic amines) is 1. The normalized spacial score (nSPS) is 15.0. The summed E-state index contributed by atoms with van der Waals surface area (Å²) in [6.45, 7) is 5.72. The molecule has 1 fully saturated rings. The van der Waals surface area contributed by atoms with Crippen molar-refractivity contribution in [3.05, 3.63) is 76.0 Å². The van der Waals surface area contributed by atoms with Gasteiger partial charge in [0.15, 0.2) is 0 Å². The molecule has 1 saturated heterocycles. The number of carbonyl (C=O) groups excluding carboxylic acids is 1. The molecular weight excluding hydrogens is 408 g/mol. The predicted octanol–water partition coefficient (Wildman–Crippen LogP) is 3.95. The maximum Gasteiger partial charge on any atom is 0.223 e. The number of amides is 1. The van der Waals surface area contributed by atoms with E-state index in [2.05, 4.69) is 25.6 Å². The van der Waals surface area contributed by atoms with E-state index in [0.29, 0.717) is 13.2 Å². The first kappa shape index (κ1) is 21.5. The highest BCUT2D eigenvalue weighted by molar-refractivity contribution is 7.09. The van der Waals surface area contributed by atoms with Gasteiger partial charge in [-0.25, -0.2) is 4.98 Å². The van der Waals surface area contributed by atoms with E-state index in [0.717, 1.165) is 60.2 Å². The molecular formula is C24H28N4O2S. The summed E-state index contributed by atoms with van der Waals surface area (Å²) in [5, 5.41) is 6.34. The monoisotopic (exact) mass is 436 g/mol. The van der Waals surface area contributed by atoms with Crippen molar-refractivity contribution < 1.29 is 9.53 Å². The number of nitrogens with one attached hydrogen (secondary N) is 1. The Morgan fingerprint density at radius 3 is 2.81 bits per heavy atom. The number of thiazole rings is 1. The first-order valence-corrected chi connectivity index (χ1v) is 11.6. The van der Waals surface area contributed by atoms with Crippen LogP contribution in [0.3, 0.4) is 0 Å². The molecule has 1 aliphatic rings. The Labute approximate surface area is 187 Å². The summed E-state index contributed by atoms with van der Waals surface area (Å²) < 4.78 is 5.83. The van der Waals surface area contributed by atoms with Crippen molar-refractivity contribution in [1.29, 1.82) is 0 Å². The van der Waals surface area contributed by atoms with Crippen LogP contribution in [0, 0.1) is 12.8 Å². The van der Waals surface area contributed by atoms with Gasteiger partial charge in [0.1, 0.15) is 12.4 Å². The number of piperidine rings is 1. The molecule has 3 aromatic rings. The topological polar surface area (TPSA) is 67.4 Å². The largest absolute Gasteiger partial charge is 0.487 e. The highest BCUT2D eigenvalue weighted by atomic mass is 32.1. The summed E-state index contributed by atoms with van der Waals surface area (Å²) in [6.07, 6.45) is 3.54. The zero-order chi connectivity index (χ0) is 21.5. The number of hydrogen-bond donors (Lipinski definition) is 1. The molecule has 0 unspecified atom stereocenters. The highest BCUT2D eigenvalue weighted by Crippen LogP contribution is 2.20. The molecule has 1 aliphatic heterocycles. The molecule has 0 bridgehead atoms. The fourth-order valence-corrected chi connectivity index (χ4v) is 4.39. The molecule has 3 heterocycles. The average molecular weight is 437 g/mol. The van der Waals surface area contributed by atoms with Crippen molar-refractivity contribution >= 4 is 17.2 Å². The van der Waals surface area contributed by atoms with E-state index in [1.807, 2.05) is 49.4 Å². The number of pyridine rings is 1. The summed E-state index contributed by atoms with van der Waals surface area (Å²) in [5.74, 6) is 1.00. The average Bonchev–Trinajstić information content (AvgIpc) is 3.22. The molecule has 0 saturated carbocycles. The second kappa shape index (κ2) is 10.5. The van der Waals surface area contributed by atoms with Gasteiger partial charge in [-0.2, -0.15) is 0 Å². The van der Waals surface area contributed by atoms with Crippen LogP contribution in [0.5, 0.6) is 5.75 Å². The van der Waals surface area contributed by atoms with Gasteiger partial charge >= 0.3 is 0 Å². The second-order valence-corrected chi connectivity index (χ2v) is 8.95. The van der Waals surface area contributed by atoms with E-state index in [1.165, 1.54) is 0 Å². The van der Waals surface area contributed by atoms with Gasteiger partial charge in [0.2, 0.25) is 5.91 Å². The Hall–Kier alpha value is -2.77. The van der Waals surface area contributed by atoms with Crippen LogP contribution in [-0.4, -0.2) is 33.9 Å². The van der Waals surface area contributed by atoms with Crippen molar-refractivity contribution in [1.82, 2.24) is 20.2 Å². The molecule has 0 aliphatic carbocycles. The summed E-state index contributed by atoms with van der Waals surface area (Å²) in [7, 11) is 0. The fourth-order valence-electron chi connectivity index (χ4n) is 3.78. The molecule has 6 nitrogen and oxygen atoms in total. The molecule has 162 valence electrons. The lowest BCUT2D eigenvalue weighted by atomic mass is 9.95. The standard InChI is InChI=1S/C24H28N4O2S/c1-18-27-22(17-31-18)15-28-11-8-20(9-12-28)24(29)26-14-19-5-4-7-23(13-19)30-16-21-6-2-3-10-25-21/h2-7,10,13,17,20H,8-9,11-12,14-16H2,1H3,(H,26,29). The Kier molecular flexibility index (Phi) is 7.27. The van der Waals surface area contributed by atoms with Crippen LogP contribution in [0.15, 0.2) is 54.0 Å². The maximum atomic E-state index is 12.7. The van der Waals surface area contributed by atoms with Gasteiger partial charge in [0.25, 0.3) is 0 Å². The Morgan fingerprint density at radius 2 is 2.06 bits per heavy atom. The van der Waals surface area contributed by atoms with E-state index < -0.39 is 0 Å². The third-order valence-electron chi connectivity index (χ3n) is 5.49. The van der Waals surface area contributed by atoms with Gasteiger partial charge in [-0.05, 0) is 62.7 Å². The fraction of sp³-hybridized carbons (Fsp3) is 0.375. The van der Waals surface area contributed by atoms with Gasteiger partial charge in [-0.1, -0.05) is 18.2 Å². The number of benzene rings is 1. The number of carbonyl (C=O) groups is 1. The van der Waals surface area contributed by atoms with Gasteiger partial charge in [0.05, 0.1) is 16.4 Å². The molecule has 4 rings (SSSR count). The molecule has 7 heteroatoms. The Morgan fingerprint density at radius 1 is 1.19 bits per heavy atom. The van der Waals surface area contributed by atoms with E-state index in [9.17, 15) is 4.79 Å². The van der Waals surface area contributed by atoms with E-state index in [4.69, 9.17) is 4.74 Å². The summed E-state index contributed by atoms with van der Waals surface area (Å²) in [5.41, 5.74) is 3.05. The summed E-state index contributed by atoms with van der Waals surface area (Å²) >= 11 is 1.69. The van der Waals surface area contributed by atoms with Crippen molar-refractivity contribution in [3.63, 3.8) is 0 Å². The first-order chi connectivity index (χ1) is 15.2. The zero-order valence-corrected chi connectivity index (χ0v) is 18.6. The molecule has 1 N–H and O–H groups in total. The van der Waals surface area contributed by atoms with E-state index >= 15 is 0 Å². The predicted molar refractivity (Wildman–Crippen MR) is 122 cm³/mol. The third kappa shape index (κ3) is 6.35. The lowest BCUT2D eigenvalue weighted by Gasteiger charge is -2.30. The number of aryl methyl sites for hydroxylation is 1. The Balaban J connectivity index is 1.21. The molecule has 31 heavy (non-hydrogen) atoms. The van der Waals surface area contributed by atoms with Crippen LogP contribution in [0.4, 0.5) is 0 Å². The van der Waals surface area contributed by atoms with Gasteiger partial charge in [-0.15, -0.1) is 11.3 Å². The molecule has 0 radical (unpaired) electrons. The minimum Gasteiger partial charge on any atom is -0.487 e. The molecule has 2 aromatic heterocycles. The molecule has 1 amide bonds. The molecule has 1 aromatic carbocycles. The number of rotatable bonds is 8. The van der Waals surface area contributed by atoms with Crippen LogP contribution < -0.4 is 10.1 Å². The summed E-state index contributed by atoms with van der Waals surface area (Å²) in [6, 6.07) is 13.6. The van der Waals surface area contributed by atoms with Crippen molar-refractivity contribution in [3.8, 4) is 5.75 Å². The molecule has 0 atom stereocenters. The lowest BCUT2D eigenvalue weighted by molar-refractivity contribution is -0.126. The SMILES string of the molecule is Cc1nc(CN2CCC(C(=O)NCc3cccc(OCc4ccccn4)c3)CC2)cs1. The first-order valence-electron chi connectivity index (χ1n) is 10.7. The van der Waals surface area contributed by atoms with Gasteiger partial charge in [-0.3, -0.25) is 14.7 Å². The minimum atomic E-state index is 0.0806. The van der Waals surface area contributed by atoms with Crippen LogP contribution >= 0.6 is 11.3 Å². The van der Waals surface area contributed by atoms with Crippen LogP contribution in [-0.2, 0) is 24.5 Å². The number of nitrogens with zero attached hydrogens (tertiary/aromatic N) is 3. The lowest BCUT2D eigenvalue weighted by Crippen LogP contribution is -2.40. The minimum absolute atomic E-state index is 0.0806. The summed E-state index contributed by atoms with van der Waals surface area (Å²) in [4.78, 5) is 23.9. The van der Waals surface area contributed by atoms with Crippen molar-refractivity contribution in [2.75, 3.05) is 13.1 Å².